The van der Waals surface area contributed by atoms with Crippen LogP contribution in [0.15, 0.2) is 30.3 Å². The minimum Gasteiger partial charge on any atom is -0.508 e. The van der Waals surface area contributed by atoms with Crippen LogP contribution in [-0.4, -0.2) is 21.4 Å². The van der Waals surface area contributed by atoms with Gasteiger partial charge in [0.25, 0.3) is 0 Å². The van der Waals surface area contributed by atoms with E-state index in [9.17, 15) is 5.11 Å². The molecule has 0 spiro atoms. The quantitative estimate of drug-likeness (QED) is 0.796. The van der Waals surface area contributed by atoms with Crippen molar-refractivity contribution in [2.45, 2.75) is 39.8 Å². The van der Waals surface area contributed by atoms with E-state index in [1.54, 1.807) is 12.1 Å². The summed E-state index contributed by atoms with van der Waals surface area (Å²) < 4.78 is 2.05. The Bertz CT molecular complexity index is 563. The van der Waals surface area contributed by atoms with Crippen molar-refractivity contribution in [3.05, 3.63) is 47.3 Å². The number of hydrogen-bond donors (Lipinski definition) is 2. The first kappa shape index (κ1) is 14.6. The first-order chi connectivity index (χ1) is 9.56. The summed E-state index contributed by atoms with van der Waals surface area (Å²) in [6.45, 7) is 8.07. The second kappa shape index (κ2) is 6.57. The molecular weight excluding hydrogens is 250 g/mol. The highest BCUT2D eigenvalue weighted by atomic mass is 16.3. The zero-order chi connectivity index (χ0) is 14.5. The van der Waals surface area contributed by atoms with Crippen molar-refractivity contribution in [2.24, 2.45) is 0 Å². The van der Waals surface area contributed by atoms with Gasteiger partial charge in [-0.1, -0.05) is 12.1 Å². The number of nitrogens with zero attached hydrogens (tertiary/aromatic N) is 2. The molecule has 1 atom stereocenters. The van der Waals surface area contributed by atoms with Gasteiger partial charge in [0.15, 0.2) is 0 Å². The molecule has 1 unspecified atom stereocenters. The number of phenolic OH excluding ortho intramolecular Hbond substituents is 1. The summed E-state index contributed by atoms with van der Waals surface area (Å²) >= 11 is 0. The lowest BCUT2D eigenvalue weighted by molar-refractivity contribution is 0.470. The minimum atomic E-state index is 0.238. The highest BCUT2D eigenvalue weighted by Gasteiger charge is 2.05. The first-order valence-corrected chi connectivity index (χ1v) is 7.09. The number of benzene rings is 1. The lowest BCUT2D eigenvalue weighted by Crippen LogP contribution is -2.21. The molecule has 0 saturated carbocycles. The van der Waals surface area contributed by atoms with E-state index in [1.165, 1.54) is 5.69 Å². The van der Waals surface area contributed by atoms with Gasteiger partial charge in [0.05, 0.1) is 5.69 Å². The normalized spacial score (nSPS) is 12.6. The Balaban J connectivity index is 1.77. The van der Waals surface area contributed by atoms with E-state index in [2.05, 4.69) is 35.0 Å². The van der Waals surface area contributed by atoms with Gasteiger partial charge in [0.1, 0.15) is 5.75 Å². The number of hydrogen-bond acceptors (Lipinski definition) is 3. The van der Waals surface area contributed by atoms with Crippen LogP contribution in [0.1, 0.15) is 36.3 Å². The molecule has 2 aromatic rings. The van der Waals surface area contributed by atoms with Crippen LogP contribution in [0.25, 0.3) is 0 Å². The fraction of sp³-hybridized carbons (Fsp3) is 0.438. The number of rotatable bonds is 6. The van der Waals surface area contributed by atoms with E-state index < -0.39 is 0 Å². The monoisotopic (exact) mass is 273 g/mol. The highest BCUT2D eigenvalue weighted by Crippen LogP contribution is 2.17. The van der Waals surface area contributed by atoms with Crippen LogP contribution in [0.2, 0.25) is 0 Å². The van der Waals surface area contributed by atoms with E-state index in [4.69, 9.17) is 0 Å². The Labute approximate surface area is 120 Å². The molecule has 2 N–H and O–H groups in total. The van der Waals surface area contributed by atoms with Gasteiger partial charge in [-0.15, -0.1) is 0 Å². The number of aromatic hydroxyl groups is 1. The van der Waals surface area contributed by atoms with Gasteiger partial charge < -0.3 is 10.4 Å². The average molecular weight is 273 g/mol. The number of aryl methyl sites for hydroxylation is 3. The van der Waals surface area contributed by atoms with Crippen molar-refractivity contribution in [3.8, 4) is 5.75 Å². The van der Waals surface area contributed by atoms with Crippen molar-refractivity contribution in [3.63, 3.8) is 0 Å². The molecule has 1 heterocycles. The van der Waals surface area contributed by atoms with Gasteiger partial charge in [-0.05, 0) is 57.5 Å². The van der Waals surface area contributed by atoms with Crippen molar-refractivity contribution in [1.82, 2.24) is 15.1 Å². The van der Waals surface area contributed by atoms with Gasteiger partial charge >= 0.3 is 0 Å². The summed E-state index contributed by atoms with van der Waals surface area (Å²) in [7, 11) is 0. The summed E-state index contributed by atoms with van der Waals surface area (Å²) in [4.78, 5) is 0. The Morgan fingerprint density at radius 3 is 2.75 bits per heavy atom. The SMILES string of the molecule is Cc1cc(C)n(CCCNC(C)c2cccc(O)c2)n1. The summed E-state index contributed by atoms with van der Waals surface area (Å²) in [6.07, 6.45) is 1.03. The summed E-state index contributed by atoms with van der Waals surface area (Å²) in [5.74, 6) is 0.318. The topological polar surface area (TPSA) is 50.1 Å². The maximum absolute atomic E-state index is 9.48. The molecule has 2 rings (SSSR count). The molecule has 20 heavy (non-hydrogen) atoms. The van der Waals surface area contributed by atoms with Crippen molar-refractivity contribution >= 4 is 0 Å². The zero-order valence-corrected chi connectivity index (χ0v) is 12.4. The smallest absolute Gasteiger partial charge is 0.115 e. The molecule has 0 bridgehead atoms. The van der Waals surface area contributed by atoms with Crippen molar-refractivity contribution < 1.29 is 5.11 Å². The fourth-order valence-corrected chi connectivity index (χ4v) is 2.36. The van der Waals surface area contributed by atoms with Gasteiger partial charge in [-0.3, -0.25) is 4.68 Å². The molecule has 0 radical (unpaired) electrons. The van der Waals surface area contributed by atoms with Gasteiger partial charge in [-0.2, -0.15) is 5.10 Å². The van der Waals surface area contributed by atoms with E-state index in [-0.39, 0.29) is 6.04 Å². The van der Waals surface area contributed by atoms with Crippen LogP contribution >= 0.6 is 0 Å². The minimum absolute atomic E-state index is 0.238. The summed E-state index contributed by atoms with van der Waals surface area (Å²) in [5, 5.41) is 17.4. The van der Waals surface area contributed by atoms with Gasteiger partial charge in [-0.25, -0.2) is 0 Å². The second-order valence-electron chi connectivity index (χ2n) is 5.27. The van der Waals surface area contributed by atoms with E-state index >= 15 is 0 Å². The zero-order valence-electron chi connectivity index (χ0n) is 12.4. The average Bonchev–Trinajstić information content (AvgIpc) is 2.73. The molecule has 0 amide bonds. The third-order valence-corrected chi connectivity index (χ3v) is 3.47. The van der Waals surface area contributed by atoms with Crippen molar-refractivity contribution in [1.29, 1.82) is 0 Å². The predicted molar refractivity (Wildman–Crippen MR) is 80.8 cm³/mol. The molecule has 4 nitrogen and oxygen atoms in total. The molecule has 1 aromatic carbocycles. The van der Waals surface area contributed by atoms with E-state index in [0.717, 1.165) is 30.8 Å². The summed E-state index contributed by atoms with van der Waals surface area (Å²) in [6, 6.07) is 9.74. The van der Waals surface area contributed by atoms with Crippen LogP contribution < -0.4 is 5.32 Å². The standard InChI is InChI=1S/C16H23N3O/c1-12-10-13(2)19(18-12)9-5-8-17-14(3)15-6-4-7-16(20)11-15/h4,6-7,10-11,14,17,20H,5,8-9H2,1-3H3. The Kier molecular flexibility index (Phi) is 4.79. The number of aromatic nitrogens is 2. The largest absolute Gasteiger partial charge is 0.508 e. The van der Waals surface area contributed by atoms with Crippen LogP contribution in [0, 0.1) is 13.8 Å². The molecule has 0 aliphatic heterocycles. The Morgan fingerprint density at radius 1 is 1.30 bits per heavy atom. The molecule has 0 aliphatic carbocycles. The molecule has 0 aliphatic rings. The van der Waals surface area contributed by atoms with Crippen molar-refractivity contribution in [2.75, 3.05) is 6.54 Å². The van der Waals surface area contributed by atoms with Gasteiger partial charge in [0, 0.05) is 18.3 Å². The third kappa shape index (κ3) is 3.84. The summed E-state index contributed by atoms with van der Waals surface area (Å²) in [5.41, 5.74) is 3.39. The lowest BCUT2D eigenvalue weighted by Gasteiger charge is -2.14. The fourth-order valence-electron chi connectivity index (χ4n) is 2.36. The van der Waals surface area contributed by atoms with E-state index in [1.807, 2.05) is 19.1 Å². The molecular formula is C16H23N3O. The molecule has 0 fully saturated rings. The number of nitrogens with one attached hydrogen (secondary N) is 1. The van der Waals surface area contributed by atoms with Crippen LogP contribution in [-0.2, 0) is 6.54 Å². The number of phenols is 1. The van der Waals surface area contributed by atoms with E-state index in [0.29, 0.717) is 5.75 Å². The Hall–Kier alpha value is -1.81. The Morgan fingerprint density at radius 2 is 2.10 bits per heavy atom. The van der Waals surface area contributed by atoms with Crippen LogP contribution in [0.3, 0.4) is 0 Å². The molecule has 0 saturated heterocycles. The predicted octanol–water partition coefficient (Wildman–Crippen LogP) is 2.95. The maximum Gasteiger partial charge on any atom is 0.115 e. The van der Waals surface area contributed by atoms with Crippen LogP contribution in [0.4, 0.5) is 0 Å². The third-order valence-electron chi connectivity index (χ3n) is 3.47. The molecule has 1 aromatic heterocycles. The highest BCUT2D eigenvalue weighted by molar-refractivity contribution is 5.28. The van der Waals surface area contributed by atoms with Gasteiger partial charge in [0.2, 0.25) is 0 Å². The maximum atomic E-state index is 9.48. The molecule has 108 valence electrons. The van der Waals surface area contributed by atoms with Crippen LogP contribution in [0.5, 0.6) is 5.75 Å². The first-order valence-electron chi connectivity index (χ1n) is 7.09. The lowest BCUT2D eigenvalue weighted by atomic mass is 10.1. The second-order valence-corrected chi connectivity index (χ2v) is 5.27. The molecule has 4 heteroatoms.